The Bertz CT molecular complexity index is 572. The quantitative estimate of drug-likeness (QED) is 0.810. The minimum atomic E-state index is -0.0456. The monoisotopic (exact) mass is 314 g/mol. The van der Waals surface area contributed by atoms with Crippen molar-refractivity contribution in [3.63, 3.8) is 0 Å². The molecule has 0 bridgehead atoms. The molecule has 2 aliphatic rings. The number of nitrogens with one attached hydrogen (secondary N) is 2. The Morgan fingerprint density at radius 2 is 1.61 bits per heavy atom. The lowest BCUT2D eigenvalue weighted by Crippen LogP contribution is -2.46. The van der Waals surface area contributed by atoms with Crippen LogP contribution in [0.25, 0.3) is 0 Å². The number of rotatable bonds is 7. The van der Waals surface area contributed by atoms with Crippen molar-refractivity contribution in [3.8, 4) is 0 Å². The smallest absolute Gasteiger partial charge is 0.223 e. The van der Waals surface area contributed by atoms with Crippen LogP contribution >= 0.6 is 0 Å². The van der Waals surface area contributed by atoms with Gasteiger partial charge in [0.25, 0.3) is 0 Å². The van der Waals surface area contributed by atoms with Gasteiger partial charge in [0.05, 0.1) is 6.04 Å². The highest BCUT2D eigenvalue weighted by Gasteiger charge is 2.40. The second kappa shape index (κ2) is 6.73. The van der Waals surface area contributed by atoms with E-state index in [-0.39, 0.29) is 29.7 Å². The first-order valence-electron chi connectivity index (χ1n) is 8.66. The molecule has 2 saturated carbocycles. The van der Waals surface area contributed by atoms with E-state index in [4.69, 9.17) is 0 Å². The molecule has 124 valence electrons. The third kappa shape index (κ3) is 4.34. The Morgan fingerprint density at radius 1 is 1.04 bits per heavy atom. The number of benzene rings is 1. The molecule has 2 aliphatic carbocycles. The topological polar surface area (TPSA) is 58.2 Å². The van der Waals surface area contributed by atoms with Gasteiger partial charge in [-0.1, -0.05) is 44.2 Å². The normalized spacial score (nSPS) is 29.5. The van der Waals surface area contributed by atoms with Gasteiger partial charge in [0, 0.05) is 18.4 Å². The predicted molar refractivity (Wildman–Crippen MR) is 89.6 cm³/mol. The van der Waals surface area contributed by atoms with Crippen molar-refractivity contribution in [2.24, 2.45) is 23.7 Å². The lowest BCUT2D eigenvalue weighted by Gasteiger charge is -2.20. The Kier molecular flexibility index (Phi) is 4.69. The van der Waals surface area contributed by atoms with Crippen molar-refractivity contribution in [3.05, 3.63) is 35.9 Å². The lowest BCUT2D eigenvalue weighted by atomic mass is 10.1. The number of carbonyl (C=O) groups excluding carboxylic acids is 2. The van der Waals surface area contributed by atoms with Gasteiger partial charge in [-0.25, -0.2) is 0 Å². The first-order valence-corrected chi connectivity index (χ1v) is 8.66. The van der Waals surface area contributed by atoms with Crippen LogP contribution in [-0.4, -0.2) is 24.4 Å². The summed E-state index contributed by atoms with van der Waals surface area (Å²) in [6.07, 6.45) is 2.71. The summed E-state index contributed by atoms with van der Waals surface area (Å²) in [6, 6.07) is 10.1. The maximum atomic E-state index is 12.2. The Labute approximate surface area is 138 Å². The summed E-state index contributed by atoms with van der Waals surface area (Å²) in [5, 5.41) is 6.15. The molecule has 0 heterocycles. The average molecular weight is 314 g/mol. The fourth-order valence-electron chi connectivity index (χ4n) is 3.11. The molecule has 0 saturated heterocycles. The molecule has 0 unspecified atom stereocenters. The molecular weight excluding hydrogens is 288 g/mol. The fraction of sp³-hybridized carbons (Fsp3) is 0.579. The number of hydrogen-bond donors (Lipinski definition) is 2. The molecule has 0 radical (unpaired) electrons. The van der Waals surface area contributed by atoms with Gasteiger partial charge in [0.2, 0.25) is 11.8 Å². The molecule has 0 spiro atoms. The van der Waals surface area contributed by atoms with E-state index < -0.39 is 0 Å². The molecule has 2 amide bonds. The van der Waals surface area contributed by atoms with Gasteiger partial charge in [0.15, 0.2) is 0 Å². The van der Waals surface area contributed by atoms with Crippen LogP contribution in [0.2, 0.25) is 0 Å². The number of carbonyl (C=O) groups is 2. The number of amides is 2. The molecule has 4 heteroatoms. The van der Waals surface area contributed by atoms with E-state index in [9.17, 15) is 9.59 Å². The Hall–Kier alpha value is -1.84. The van der Waals surface area contributed by atoms with Gasteiger partial charge in [-0.05, 0) is 36.7 Å². The predicted octanol–water partition coefficient (Wildman–Crippen LogP) is 2.14. The van der Waals surface area contributed by atoms with Crippen LogP contribution in [0.3, 0.4) is 0 Å². The van der Waals surface area contributed by atoms with Crippen LogP contribution in [0.15, 0.2) is 30.3 Å². The molecule has 1 aromatic rings. The van der Waals surface area contributed by atoms with Gasteiger partial charge in [0.1, 0.15) is 0 Å². The van der Waals surface area contributed by atoms with E-state index in [1.54, 1.807) is 0 Å². The van der Waals surface area contributed by atoms with Crippen molar-refractivity contribution in [1.82, 2.24) is 10.6 Å². The van der Waals surface area contributed by atoms with Crippen LogP contribution in [-0.2, 0) is 16.0 Å². The number of hydrogen-bond acceptors (Lipinski definition) is 2. The van der Waals surface area contributed by atoms with Crippen molar-refractivity contribution >= 4 is 11.8 Å². The zero-order chi connectivity index (χ0) is 16.4. The van der Waals surface area contributed by atoms with E-state index in [2.05, 4.69) is 36.6 Å². The van der Waals surface area contributed by atoms with Crippen LogP contribution < -0.4 is 10.6 Å². The molecule has 1 aromatic carbocycles. The zero-order valence-corrected chi connectivity index (χ0v) is 13.9. The van der Waals surface area contributed by atoms with Gasteiger partial charge < -0.3 is 10.6 Å². The highest BCUT2D eigenvalue weighted by Crippen LogP contribution is 2.38. The first kappa shape index (κ1) is 16.0. The molecule has 5 atom stereocenters. The van der Waals surface area contributed by atoms with E-state index in [1.807, 2.05) is 18.2 Å². The Morgan fingerprint density at radius 3 is 2.17 bits per heavy atom. The average Bonchev–Trinajstić information content (AvgIpc) is 3.44. The second-order valence-corrected chi connectivity index (χ2v) is 7.28. The highest BCUT2D eigenvalue weighted by molar-refractivity contribution is 5.82. The molecular formula is C19H26N2O2. The largest absolute Gasteiger partial charge is 0.354 e. The van der Waals surface area contributed by atoms with E-state index in [1.165, 1.54) is 5.56 Å². The summed E-state index contributed by atoms with van der Waals surface area (Å²) >= 11 is 0. The van der Waals surface area contributed by atoms with E-state index in [0.717, 1.165) is 19.3 Å². The first-order chi connectivity index (χ1) is 11.0. The molecule has 0 aliphatic heterocycles. The third-order valence-corrected chi connectivity index (χ3v) is 5.09. The maximum Gasteiger partial charge on any atom is 0.223 e. The zero-order valence-electron chi connectivity index (χ0n) is 13.9. The minimum absolute atomic E-state index is 0.0456. The minimum Gasteiger partial charge on any atom is -0.354 e. The molecule has 4 nitrogen and oxygen atoms in total. The van der Waals surface area contributed by atoms with Gasteiger partial charge in [-0.2, -0.15) is 0 Å². The molecule has 3 rings (SSSR count). The molecule has 2 N–H and O–H groups in total. The fourth-order valence-corrected chi connectivity index (χ4v) is 3.11. The standard InChI is InChI=1S/C19H26N2O2/c1-12-8-16(12)18(22)20-11-15(10-14-6-4-3-5-7-14)21-19(23)17-9-13(17)2/h3-7,12-13,15-17H,8-11H2,1-2H3,(H,20,22)(H,21,23)/t12-,13-,15+,16+,17+/m1/s1. The summed E-state index contributed by atoms with van der Waals surface area (Å²) < 4.78 is 0. The van der Waals surface area contributed by atoms with Gasteiger partial charge in [-0.15, -0.1) is 0 Å². The summed E-state index contributed by atoms with van der Waals surface area (Å²) in [7, 11) is 0. The van der Waals surface area contributed by atoms with Gasteiger partial charge >= 0.3 is 0 Å². The highest BCUT2D eigenvalue weighted by atomic mass is 16.2. The van der Waals surface area contributed by atoms with Crippen LogP contribution in [0.1, 0.15) is 32.3 Å². The van der Waals surface area contributed by atoms with Crippen molar-refractivity contribution in [2.75, 3.05) is 6.54 Å². The SMILES string of the molecule is C[C@@H]1C[C@@H]1C(=O)NC[C@H](Cc1ccccc1)NC(=O)[C@H]1C[C@H]1C. The molecule has 2 fully saturated rings. The van der Waals surface area contributed by atoms with Crippen molar-refractivity contribution in [2.45, 2.75) is 39.2 Å². The van der Waals surface area contributed by atoms with Crippen LogP contribution in [0.4, 0.5) is 0 Å². The maximum absolute atomic E-state index is 12.2. The lowest BCUT2D eigenvalue weighted by molar-refractivity contribution is -0.125. The summed E-state index contributed by atoms with van der Waals surface area (Å²) in [4.78, 5) is 24.3. The third-order valence-electron chi connectivity index (χ3n) is 5.09. The van der Waals surface area contributed by atoms with Crippen LogP contribution in [0, 0.1) is 23.7 Å². The van der Waals surface area contributed by atoms with E-state index in [0.29, 0.717) is 18.4 Å². The summed E-state index contributed by atoms with van der Waals surface area (Å²) in [5.41, 5.74) is 1.18. The Balaban J connectivity index is 1.55. The van der Waals surface area contributed by atoms with E-state index >= 15 is 0 Å². The van der Waals surface area contributed by atoms with Gasteiger partial charge in [-0.3, -0.25) is 9.59 Å². The van der Waals surface area contributed by atoms with Crippen molar-refractivity contribution < 1.29 is 9.59 Å². The van der Waals surface area contributed by atoms with Crippen molar-refractivity contribution in [1.29, 1.82) is 0 Å². The second-order valence-electron chi connectivity index (χ2n) is 7.28. The summed E-state index contributed by atoms with van der Waals surface area (Å²) in [5.74, 6) is 1.59. The molecule has 23 heavy (non-hydrogen) atoms. The summed E-state index contributed by atoms with van der Waals surface area (Å²) in [6.45, 7) is 4.71. The molecule has 0 aromatic heterocycles. The van der Waals surface area contributed by atoms with Crippen LogP contribution in [0.5, 0.6) is 0 Å².